The first-order chi connectivity index (χ1) is 12.8. The highest BCUT2D eigenvalue weighted by Gasteiger charge is 2.47. The van der Waals surface area contributed by atoms with Crippen molar-refractivity contribution < 1.29 is 34.4 Å². The van der Waals surface area contributed by atoms with E-state index in [2.05, 4.69) is 0 Å². The van der Waals surface area contributed by atoms with Crippen LogP contribution in [-0.2, 0) is 10.3 Å². The van der Waals surface area contributed by atoms with Crippen LogP contribution in [0.1, 0.15) is 63.6 Å². The Morgan fingerprint density at radius 1 is 1.04 bits per heavy atom. The molecule has 0 unspecified atom stereocenters. The fraction of sp³-hybridized carbons (Fsp3) is 0.300. The van der Waals surface area contributed by atoms with Crippen LogP contribution >= 0.6 is 0 Å². The topological polar surface area (TPSA) is 113 Å². The van der Waals surface area contributed by atoms with E-state index < -0.39 is 29.2 Å². The first kappa shape index (κ1) is 16.1. The number of ether oxygens (including phenoxy) is 2. The normalized spacial score (nSPS) is 25.3. The first-order valence-electron chi connectivity index (χ1n) is 8.70. The minimum atomic E-state index is -0.823. The molecule has 3 aliphatic rings. The third-order valence-electron chi connectivity index (χ3n) is 5.58. The molecule has 2 aromatic rings. The second-order valence-electron chi connectivity index (χ2n) is 7.35. The van der Waals surface area contributed by atoms with Crippen molar-refractivity contribution in [1.29, 1.82) is 0 Å². The molecular formula is C20H16O7. The van der Waals surface area contributed by atoms with E-state index in [9.17, 15) is 24.9 Å². The zero-order valence-electron chi connectivity index (χ0n) is 14.4. The lowest BCUT2D eigenvalue weighted by Crippen LogP contribution is -2.43. The highest BCUT2D eigenvalue weighted by molar-refractivity contribution is 6.30. The predicted molar refractivity (Wildman–Crippen MR) is 91.4 cm³/mol. The second kappa shape index (κ2) is 5.01. The largest absolute Gasteiger partial charge is 0.508 e. The fourth-order valence-corrected chi connectivity index (χ4v) is 4.38. The van der Waals surface area contributed by atoms with E-state index in [4.69, 9.17) is 9.47 Å². The number of rotatable bonds is 0. The third kappa shape index (κ3) is 2.00. The van der Waals surface area contributed by atoms with Crippen LogP contribution in [0.25, 0.3) is 0 Å². The molecular weight excluding hydrogens is 352 g/mol. The molecule has 1 aliphatic carbocycles. The molecule has 2 aromatic carbocycles. The van der Waals surface area contributed by atoms with Gasteiger partial charge in [0, 0.05) is 23.6 Å². The molecule has 5 rings (SSSR count). The Balaban J connectivity index is 1.80. The molecule has 1 fully saturated rings. The average molecular weight is 368 g/mol. The van der Waals surface area contributed by atoms with Gasteiger partial charge < -0.3 is 24.8 Å². The van der Waals surface area contributed by atoms with Crippen molar-refractivity contribution in [3.05, 3.63) is 46.0 Å². The van der Waals surface area contributed by atoms with Crippen molar-refractivity contribution in [1.82, 2.24) is 0 Å². The van der Waals surface area contributed by atoms with Gasteiger partial charge in [-0.2, -0.15) is 0 Å². The molecule has 1 saturated heterocycles. The van der Waals surface area contributed by atoms with Gasteiger partial charge in [-0.3, -0.25) is 9.59 Å². The summed E-state index contributed by atoms with van der Waals surface area (Å²) in [7, 11) is 0. The minimum Gasteiger partial charge on any atom is -0.508 e. The number of hydrogen-bond donors (Lipinski definition) is 3. The molecule has 3 N–H and O–H groups in total. The SMILES string of the molecule is C[C@@]12CCC[C@@H](Oc3cc4c(c(O)c31)C(=O)c1c(O)cc(O)cc1C4=O)O2. The molecule has 0 aromatic heterocycles. The Morgan fingerprint density at radius 2 is 1.78 bits per heavy atom. The maximum absolute atomic E-state index is 13.0. The van der Waals surface area contributed by atoms with Gasteiger partial charge in [-0.1, -0.05) is 0 Å². The summed E-state index contributed by atoms with van der Waals surface area (Å²) in [6.45, 7) is 1.82. The van der Waals surface area contributed by atoms with Gasteiger partial charge >= 0.3 is 0 Å². The van der Waals surface area contributed by atoms with E-state index in [1.165, 1.54) is 6.07 Å². The molecule has 2 aliphatic heterocycles. The summed E-state index contributed by atoms with van der Waals surface area (Å²) in [4.78, 5) is 26.0. The minimum absolute atomic E-state index is 0.0164. The average Bonchev–Trinajstić information content (AvgIpc) is 2.57. The van der Waals surface area contributed by atoms with Gasteiger partial charge in [0.2, 0.25) is 12.1 Å². The van der Waals surface area contributed by atoms with Crippen LogP contribution in [0.3, 0.4) is 0 Å². The summed E-state index contributed by atoms with van der Waals surface area (Å²) in [6, 6.07) is 3.58. The summed E-state index contributed by atoms with van der Waals surface area (Å²) in [6.07, 6.45) is 1.71. The molecule has 138 valence electrons. The number of phenolic OH excluding ortho intramolecular Hbond substituents is 3. The molecule has 0 amide bonds. The van der Waals surface area contributed by atoms with E-state index in [1.807, 2.05) is 6.92 Å². The summed E-state index contributed by atoms with van der Waals surface area (Å²) < 4.78 is 11.7. The van der Waals surface area contributed by atoms with Gasteiger partial charge in [0.25, 0.3) is 0 Å². The number of aromatic hydroxyl groups is 3. The zero-order valence-corrected chi connectivity index (χ0v) is 14.4. The molecule has 27 heavy (non-hydrogen) atoms. The van der Waals surface area contributed by atoms with Gasteiger partial charge in [-0.25, -0.2) is 0 Å². The van der Waals surface area contributed by atoms with E-state index in [0.717, 1.165) is 18.6 Å². The van der Waals surface area contributed by atoms with Crippen molar-refractivity contribution in [3.63, 3.8) is 0 Å². The van der Waals surface area contributed by atoms with Crippen molar-refractivity contribution in [2.24, 2.45) is 0 Å². The molecule has 0 saturated carbocycles. The van der Waals surface area contributed by atoms with Crippen LogP contribution in [0.15, 0.2) is 18.2 Å². The lowest BCUT2D eigenvalue weighted by molar-refractivity contribution is -0.217. The summed E-state index contributed by atoms with van der Waals surface area (Å²) in [5.74, 6) is -2.14. The predicted octanol–water partition coefficient (Wildman–Crippen LogP) is 2.71. The van der Waals surface area contributed by atoms with Crippen molar-refractivity contribution >= 4 is 11.6 Å². The van der Waals surface area contributed by atoms with Crippen LogP contribution in [0.5, 0.6) is 23.0 Å². The maximum atomic E-state index is 13.0. The summed E-state index contributed by atoms with van der Waals surface area (Å²) in [5, 5.41) is 30.8. The molecule has 2 bridgehead atoms. The smallest absolute Gasteiger partial charge is 0.201 e. The lowest BCUT2D eigenvalue weighted by atomic mass is 9.77. The van der Waals surface area contributed by atoms with Gasteiger partial charge in [0.1, 0.15) is 28.6 Å². The maximum Gasteiger partial charge on any atom is 0.201 e. The Hall–Kier alpha value is -3.06. The quantitative estimate of drug-likeness (QED) is 0.559. The molecule has 7 nitrogen and oxygen atoms in total. The second-order valence-corrected chi connectivity index (χ2v) is 7.35. The third-order valence-corrected chi connectivity index (χ3v) is 5.58. The number of hydrogen-bond acceptors (Lipinski definition) is 7. The van der Waals surface area contributed by atoms with E-state index in [-0.39, 0.29) is 33.8 Å². The zero-order chi connectivity index (χ0) is 19.1. The molecule has 2 heterocycles. The standard InChI is InChI=1S/C20H16O7/c1-20-4-2-3-13(27-20)26-12-7-10-15(19(25)16(12)20)18(24)14-9(17(10)23)5-8(21)6-11(14)22/h5-7,13,21-22,25H,2-4H2,1H3/t13-,20+/m0/s1. The molecule has 0 radical (unpaired) electrons. The van der Waals surface area contributed by atoms with Crippen LogP contribution in [0.4, 0.5) is 0 Å². The molecule has 2 atom stereocenters. The fourth-order valence-electron chi connectivity index (χ4n) is 4.38. The Bertz CT molecular complexity index is 1060. The van der Waals surface area contributed by atoms with Crippen molar-refractivity contribution in [3.8, 4) is 23.0 Å². The van der Waals surface area contributed by atoms with E-state index >= 15 is 0 Å². The van der Waals surface area contributed by atoms with Gasteiger partial charge in [-0.05, 0) is 31.9 Å². The Kier molecular flexibility index (Phi) is 3.00. The number of carbonyl (C=O) groups excluding carboxylic acids is 2. The van der Waals surface area contributed by atoms with Crippen LogP contribution in [0, 0.1) is 0 Å². The van der Waals surface area contributed by atoms with E-state index in [0.29, 0.717) is 24.2 Å². The highest BCUT2D eigenvalue weighted by atomic mass is 16.7. The molecule has 7 heteroatoms. The van der Waals surface area contributed by atoms with Crippen LogP contribution in [0.2, 0.25) is 0 Å². The number of carbonyl (C=O) groups is 2. The van der Waals surface area contributed by atoms with Gasteiger partial charge in [-0.15, -0.1) is 0 Å². The van der Waals surface area contributed by atoms with Crippen LogP contribution in [-0.4, -0.2) is 33.2 Å². The number of benzene rings is 2. The van der Waals surface area contributed by atoms with Gasteiger partial charge in [0.05, 0.1) is 16.7 Å². The number of ketones is 2. The lowest BCUT2D eigenvalue weighted by Gasteiger charge is -2.44. The van der Waals surface area contributed by atoms with Crippen molar-refractivity contribution in [2.75, 3.05) is 0 Å². The van der Waals surface area contributed by atoms with E-state index in [1.54, 1.807) is 0 Å². The summed E-state index contributed by atoms with van der Waals surface area (Å²) >= 11 is 0. The molecule has 0 spiro atoms. The first-order valence-corrected chi connectivity index (χ1v) is 8.70. The number of fused-ring (bicyclic) bond motifs is 6. The van der Waals surface area contributed by atoms with Crippen molar-refractivity contribution in [2.45, 2.75) is 38.1 Å². The monoisotopic (exact) mass is 368 g/mol. The van der Waals surface area contributed by atoms with Crippen LogP contribution < -0.4 is 4.74 Å². The summed E-state index contributed by atoms with van der Waals surface area (Å²) in [5.41, 5.74) is -1.01. The Morgan fingerprint density at radius 3 is 2.56 bits per heavy atom. The highest BCUT2D eigenvalue weighted by Crippen LogP contribution is 2.53. The Labute approximate surface area is 153 Å². The number of phenols is 3. The van der Waals surface area contributed by atoms with Gasteiger partial charge in [0.15, 0.2) is 5.78 Å².